The van der Waals surface area contributed by atoms with Gasteiger partial charge in [-0.05, 0) is 36.4 Å². The molecule has 2 heterocycles. The van der Waals surface area contributed by atoms with Gasteiger partial charge in [-0.15, -0.1) is 0 Å². The number of benzene rings is 2. The van der Waals surface area contributed by atoms with E-state index < -0.39 is 29.6 Å². The minimum Gasteiger partial charge on any atom is -0.477 e. The number of amides is 1. The molecule has 0 spiro atoms. The van der Waals surface area contributed by atoms with E-state index in [1.54, 1.807) is 6.07 Å². The fraction of sp³-hybridized carbons (Fsp3) is 0.0500. The first kappa shape index (κ1) is 18.4. The van der Waals surface area contributed by atoms with Crippen LogP contribution in [0.15, 0.2) is 66.5 Å². The lowest BCUT2D eigenvalue weighted by atomic mass is 10.0. The third-order valence-electron chi connectivity index (χ3n) is 4.44. The van der Waals surface area contributed by atoms with E-state index in [1.807, 2.05) is 0 Å². The zero-order chi connectivity index (χ0) is 20.5. The number of nitrogens with one attached hydrogen (secondary N) is 2. The fourth-order valence-electron chi connectivity index (χ4n) is 3.05. The van der Waals surface area contributed by atoms with Gasteiger partial charge in [0.15, 0.2) is 0 Å². The Balaban J connectivity index is 1.73. The smallest absolute Gasteiger partial charge is 0.352 e. The van der Waals surface area contributed by atoms with Crippen LogP contribution in [0.4, 0.5) is 20.3 Å². The zero-order valence-electron chi connectivity index (χ0n) is 14.8. The van der Waals surface area contributed by atoms with E-state index in [9.17, 15) is 23.5 Å². The Hall–Kier alpha value is -4.01. The van der Waals surface area contributed by atoms with Gasteiger partial charge in [0.2, 0.25) is 0 Å². The Morgan fingerprint density at radius 1 is 1.10 bits per heavy atom. The van der Waals surface area contributed by atoms with Gasteiger partial charge in [-0.2, -0.15) is 5.10 Å². The summed E-state index contributed by atoms with van der Waals surface area (Å²) in [4.78, 5) is 24.2. The molecule has 1 aliphatic heterocycles. The number of halogens is 2. The first-order valence-corrected chi connectivity index (χ1v) is 8.55. The van der Waals surface area contributed by atoms with Gasteiger partial charge in [0.05, 0.1) is 6.20 Å². The normalized spacial score (nSPS) is 15.1. The number of anilines is 2. The van der Waals surface area contributed by atoms with Crippen molar-refractivity contribution in [2.75, 3.05) is 10.6 Å². The number of nitrogens with zero attached hydrogens (tertiary/aromatic N) is 2. The summed E-state index contributed by atoms with van der Waals surface area (Å²) in [6.45, 7) is 0. The lowest BCUT2D eigenvalue weighted by Crippen LogP contribution is -2.26. The summed E-state index contributed by atoms with van der Waals surface area (Å²) in [5.41, 5.74) is 0.416. The number of rotatable bonds is 4. The van der Waals surface area contributed by atoms with Crippen molar-refractivity contribution in [1.29, 1.82) is 0 Å². The van der Waals surface area contributed by atoms with Crippen molar-refractivity contribution in [2.45, 2.75) is 6.04 Å². The number of fused-ring (bicyclic) bond motifs is 1. The maximum atomic E-state index is 14.3. The molecule has 0 radical (unpaired) electrons. The van der Waals surface area contributed by atoms with Crippen molar-refractivity contribution in [3.05, 3.63) is 89.3 Å². The number of allylic oxidation sites excluding steroid dienone is 1. The Kier molecular flexibility index (Phi) is 4.55. The zero-order valence-corrected chi connectivity index (χ0v) is 14.8. The third kappa shape index (κ3) is 3.45. The molecule has 1 aromatic heterocycles. The van der Waals surface area contributed by atoms with Gasteiger partial charge in [-0.3, -0.25) is 4.79 Å². The molecule has 9 heteroatoms. The predicted octanol–water partition coefficient (Wildman–Crippen LogP) is 3.40. The Bertz CT molecular complexity index is 1140. The molecular formula is C20H14F2N4O3. The van der Waals surface area contributed by atoms with Crippen LogP contribution in [0.25, 0.3) is 0 Å². The monoisotopic (exact) mass is 396 g/mol. The molecule has 0 bridgehead atoms. The minimum absolute atomic E-state index is 0.0579. The maximum absolute atomic E-state index is 14.3. The lowest BCUT2D eigenvalue weighted by molar-refractivity contribution is -0.132. The van der Waals surface area contributed by atoms with Gasteiger partial charge in [-0.25, -0.2) is 18.3 Å². The molecule has 3 N–H and O–H groups in total. The highest BCUT2D eigenvalue weighted by Crippen LogP contribution is 2.33. The number of carboxylic acids is 1. The van der Waals surface area contributed by atoms with Gasteiger partial charge >= 0.3 is 5.97 Å². The van der Waals surface area contributed by atoms with E-state index in [4.69, 9.17) is 0 Å². The van der Waals surface area contributed by atoms with Crippen molar-refractivity contribution in [3.8, 4) is 0 Å². The molecular weight excluding hydrogens is 382 g/mol. The van der Waals surface area contributed by atoms with Crippen LogP contribution < -0.4 is 10.6 Å². The highest BCUT2D eigenvalue weighted by atomic mass is 19.1. The molecule has 146 valence electrons. The number of hydrogen-bond donors (Lipinski definition) is 3. The van der Waals surface area contributed by atoms with Crippen molar-refractivity contribution in [3.63, 3.8) is 0 Å². The Morgan fingerprint density at radius 2 is 1.83 bits per heavy atom. The summed E-state index contributed by atoms with van der Waals surface area (Å²) in [5.74, 6) is -2.71. The molecule has 1 atom stereocenters. The summed E-state index contributed by atoms with van der Waals surface area (Å²) in [6, 6.07) is 10.2. The van der Waals surface area contributed by atoms with Crippen LogP contribution in [0.2, 0.25) is 0 Å². The summed E-state index contributed by atoms with van der Waals surface area (Å²) in [5, 5.41) is 18.8. The second-order valence-corrected chi connectivity index (χ2v) is 6.29. The van der Waals surface area contributed by atoms with Gasteiger partial charge in [0.1, 0.15) is 34.8 Å². The number of carbonyl (C=O) groups is 2. The minimum atomic E-state index is -1.26. The van der Waals surface area contributed by atoms with Crippen molar-refractivity contribution >= 4 is 23.4 Å². The topological polar surface area (TPSA) is 96.2 Å². The second-order valence-electron chi connectivity index (χ2n) is 6.29. The summed E-state index contributed by atoms with van der Waals surface area (Å²) < 4.78 is 28.7. The fourth-order valence-corrected chi connectivity index (χ4v) is 3.05. The van der Waals surface area contributed by atoms with Crippen LogP contribution in [0.3, 0.4) is 0 Å². The number of aliphatic carboxylic acids is 1. The maximum Gasteiger partial charge on any atom is 0.352 e. The number of hydrogen-bond acceptors (Lipinski definition) is 4. The molecule has 29 heavy (non-hydrogen) atoms. The Morgan fingerprint density at radius 3 is 2.52 bits per heavy atom. The largest absolute Gasteiger partial charge is 0.477 e. The van der Waals surface area contributed by atoms with Crippen LogP contribution in [-0.4, -0.2) is 26.8 Å². The second kappa shape index (κ2) is 7.19. The van der Waals surface area contributed by atoms with Crippen molar-refractivity contribution in [2.24, 2.45) is 0 Å². The average molecular weight is 396 g/mol. The molecule has 0 saturated carbocycles. The van der Waals surface area contributed by atoms with Crippen molar-refractivity contribution < 1.29 is 23.5 Å². The Labute approximate surface area is 163 Å². The molecule has 1 unspecified atom stereocenters. The van der Waals surface area contributed by atoms with E-state index in [2.05, 4.69) is 15.7 Å². The molecule has 4 rings (SSSR count). The molecule has 0 aliphatic carbocycles. The molecule has 1 amide bonds. The van der Waals surface area contributed by atoms with Gasteiger partial charge in [0, 0.05) is 11.3 Å². The van der Waals surface area contributed by atoms with Gasteiger partial charge in [0.25, 0.3) is 5.91 Å². The SMILES string of the molecule is O=C(O)C1=CC(c2ccccc2F)n2ncc(C(=O)Nc3ccc(F)cc3)c2N1. The molecule has 3 aromatic rings. The standard InChI is InChI=1S/C20H14F2N4O3/c21-11-5-7-12(8-6-11)24-19(27)14-10-23-26-17(13-3-1-2-4-15(13)22)9-16(20(28)29)25-18(14)26/h1-10,17,25H,(H,24,27)(H,28,29). The lowest BCUT2D eigenvalue weighted by Gasteiger charge is -2.24. The third-order valence-corrected chi connectivity index (χ3v) is 4.44. The van der Waals surface area contributed by atoms with E-state index in [0.717, 1.165) is 0 Å². The van der Waals surface area contributed by atoms with Crippen LogP contribution in [0, 0.1) is 11.6 Å². The highest BCUT2D eigenvalue weighted by molar-refractivity contribution is 6.08. The number of carbonyl (C=O) groups excluding carboxylic acids is 1. The quantitative estimate of drug-likeness (QED) is 0.628. The molecule has 2 aromatic carbocycles. The van der Waals surface area contributed by atoms with E-state index in [1.165, 1.54) is 59.4 Å². The average Bonchev–Trinajstić information content (AvgIpc) is 3.13. The molecule has 0 fully saturated rings. The summed E-state index contributed by atoms with van der Waals surface area (Å²) in [6.07, 6.45) is 2.58. The highest BCUT2D eigenvalue weighted by Gasteiger charge is 2.30. The number of aromatic nitrogens is 2. The predicted molar refractivity (Wildman–Crippen MR) is 100 cm³/mol. The van der Waals surface area contributed by atoms with E-state index >= 15 is 0 Å². The molecule has 1 aliphatic rings. The first-order valence-electron chi connectivity index (χ1n) is 8.55. The van der Waals surface area contributed by atoms with Gasteiger partial charge < -0.3 is 15.7 Å². The van der Waals surface area contributed by atoms with Crippen LogP contribution in [0.5, 0.6) is 0 Å². The first-order chi connectivity index (χ1) is 13.9. The van der Waals surface area contributed by atoms with Crippen LogP contribution in [-0.2, 0) is 4.79 Å². The summed E-state index contributed by atoms with van der Waals surface area (Å²) >= 11 is 0. The van der Waals surface area contributed by atoms with E-state index in [-0.39, 0.29) is 22.6 Å². The van der Waals surface area contributed by atoms with Gasteiger partial charge in [-0.1, -0.05) is 18.2 Å². The molecule has 7 nitrogen and oxygen atoms in total. The number of carboxylic acid groups (broad SMARTS) is 1. The summed E-state index contributed by atoms with van der Waals surface area (Å²) in [7, 11) is 0. The van der Waals surface area contributed by atoms with Crippen molar-refractivity contribution in [1.82, 2.24) is 9.78 Å². The van der Waals surface area contributed by atoms with Crippen LogP contribution >= 0.6 is 0 Å². The molecule has 0 saturated heterocycles. The van der Waals surface area contributed by atoms with Crippen LogP contribution in [0.1, 0.15) is 22.0 Å². The van der Waals surface area contributed by atoms with E-state index in [0.29, 0.717) is 5.69 Å².